The van der Waals surface area contributed by atoms with Crippen LogP contribution >= 0.6 is 0 Å². The summed E-state index contributed by atoms with van der Waals surface area (Å²) in [7, 11) is -3.19. The van der Waals surface area contributed by atoms with Crippen molar-refractivity contribution >= 4 is 21.7 Å². The van der Waals surface area contributed by atoms with Gasteiger partial charge < -0.3 is 4.42 Å². The normalized spacial score (nSPS) is 18.7. The Morgan fingerprint density at radius 2 is 1.88 bits per heavy atom. The average molecular weight is 366 g/mol. The van der Waals surface area contributed by atoms with Crippen LogP contribution in [0.1, 0.15) is 17.0 Å². The number of carbonyl (C=O) groups is 2. The third kappa shape index (κ3) is 3.87. The molecule has 0 aliphatic carbocycles. The molecule has 2 heterocycles. The summed E-state index contributed by atoms with van der Waals surface area (Å²) in [6.07, 6.45) is 0.224. The zero-order chi connectivity index (χ0) is 18.0. The molecule has 3 rings (SSSR count). The number of amides is 2. The summed E-state index contributed by atoms with van der Waals surface area (Å²) >= 11 is 0. The zero-order valence-electron chi connectivity index (χ0n) is 13.0. The van der Waals surface area contributed by atoms with Crippen LogP contribution < -0.4 is 10.9 Å². The minimum atomic E-state index is -3.19. The Labute approximate surface area is 143 Å². The molecule has 2 amide bonds. The summed E-state index contributed by atoms with van der Waals surface area (Å²) in [4.78, 5) is 23.9. The van der Waals surface area contributed by atoms with Gasteiger partial charge in [-0.1, -0.05) is 12.1 Å². The highest BCUT2D eigenvalue weighted by molar-refractivity contribution is 7.91. The number of nitrogens with one attached hydrogen (secondary N) is 2. The van der Waals surface area contributed by atoms with Crippen molar-refractivity contribution in [3.8, 4) is 11.3 Å². The number of hydrogen-bond donors (Lipinski definition) is 2. The van der Waals surface area contributed by atoms with Gasteiger partial charge in [-0.3, -0.25) is 20.4 Å². The molecule has 132 valence electrons. The van der Waals surface area contributed by atoms with Crippen molar-refractivity contribution in [3.63, 3.8) is 0 Å². The quantitative estimate of drug-likeness (QED) is 0.796. The Bertz CT molecular complexity index is 922. The van der Waals surface area contributed by atoms with E-state index in [1.807, 2.05) is 0 Å². The van der Waals surface area contributed by atoms with E-state index >= 15 is 0 Å². The van der Waals surface area contributed by atoms with E-state index in [1.54, 1.807) is 6.07 Å². The molecule has 1 aliphatic heterocycles. The molecule has 7 nitrogen and oxygen atoms in total. The van der Waals surface area contributed by atoms with Gasteiger partial charge in [0.15, 0.2) is 15.6 Å². The molecule has 2 aromatic rings. The standard InChI is InChI=1S/C16H15FN2O5S/c17-12-4-2-1-3-11(12)13-5-6-14(24-13)16(21)19-18-15(20)10-7-8-25(22,23)9-10/h1-6,10H,7-9H2,(H,18,20)(H,19,21). The van der Waals surface area contributed by atoms with Crippen LogP contribution in [-0.4, -0.2) is 31.7 Å². The number of rotatable bonds is 3. The number of carbonyl (C=O) groups excluding carboxylic acids is 2. The molecular formula is C16H15FN2O5S. The summed E-state index contributed by atoms with van der Waals surface area (Å²) in [5.74, 6) is -2.67. The highest BCUT2D eigenvalue weighted by atomic mass is 32.2. The fraction of sp³-hybridized carbons (Fsp3) is 0.250. The minimum Gasteiger partial charge on any atom is -0.451 e. The molecule has 1 aromatic heterocycles. The Morgan fingerprint density at radius 1 is 1.12 bits per heavy atom. The third-order valence-corrected chi connectivity index (χ3v) is 5.64. The molecule has 1 unspecified atom stereocenters. The van der Waals surface area contributed by atoms with E-state index in [2.05, 4.69) is 10.9 Å². The lowest BCUT2D eigenvalue weighted by molar-refractivity contribution is -0.125. The van der Waals surface area contributed by atoms with Crippen LogP contribution in [0, 0.1) is 11.7 Å². The maximum Gasteiger partial charge on any atom is 0.305 e. The summed E-state index contributed by atoms with van der Waals surface area (Å²) < 4.78 is 41.7. The number of benzene rings is 1. The lowest BCUT2D eigenvalue weighted by Gasteiger charge is -2.09. The van der Waals surface area contributed by atoms with Crippen LogP contribution in [0.2, 0.25) is 0 Å². The predicted octanol–water partition coefficient (Wildman–Crippen LogP) is 1.28. The van der Waals surface area contributed by atoms with Gasteiger partial charge in [-0.15, -0.1) is 0 Å². The first kappa shape index (κ1) is 17.2. The maximum atomic E-state index is 13.7. The van der Waals surface area contributed by atoms with Gasteiger partial charge in [0, 0.05) is 0 Å². The van der Waals surface area contributed by atoms with Crippen LogP contribution in [0.3, 0.4) is 0 Å². The average Bonchev–Trinajstić information content (AvgIpc) is 3.19. The van der Waals surface area contributed by atoms with Crippen LogP contribution in [0.5, 0.6) is 0 Å². The Kier molecular flexibility index (Phi) is 4.58. The summed E-state index contributed by atoms with van der Waals surface area (Å²) in [5.41, 5.74) is 4.56. The molecule has 0 bridgehead atoms. The van der Waals surface area contributed by atoms with Gasteiger partial charge in [-0.05, 0) is 30.7 Å². The smallest absolute Gasteiger partial charge is 0.305 e. The fourth-order valence-corrected chi connectivity index (χ4v) is 4.29. The summed E-state index contributed by atoms with van der Waals surface area (Å²) in [6, 6.07) is 8.75. The molecule has 9 heteroatoms. The van der Waals surface area contributed by atoms with Crippen molar-refractivity contribution in [1.29, 1.82) is 0 Å². The van der Waals surface area contributed by atoms with E-state index in [1.165, 1.54) is 30.3 Å². The van der Waals surface area contributed by atoms with E-state index in [9.17, 15) is 22.4 Å². The molecule has 1 fully saturated rings. The lowest BCUT2D eigenvalue weighted by atomic mass is 10.1. The van der Waals surface area contributed by atoms with Gasteiger partial charge in [0.2, 0.25) is 5.91 Å². The number of hydrazine groups is 1. The van der Waals surface area contributed by atoms with E-state index in [4.69, 9.17) is 4.42 Å². The third-order valence-electron chi connectivity index (χ3n) is 3.87. The second kappa shape index (κ2) is 6.67. The van der Waals surface area contributed by atoms with Gasteiger partial charge in [0.05, 0.1) is 23.0 Å². The number of halogens is 1. The second-order valence-electron chi connectivity index (χ2n) is 5.69. The molecule has 1 atom stereocenters. The van der Waals surface area contributed by atoms with Crippen molar-refractivity contribution in [1.82, 2.24) is 10.9 Å². The van der Waals surface area contributed by atoms with Crippen LogP contribution in [0.15, 0.2) is 40.8 Å². The molecule has 0 spiro atoms. The summed E-state index contributed by atoms with van der Waals surface area (Å²) in [5, 5.41) is 0. The van der Waals surface area contributed by atoms with Crippen molar-refractivity contribution in [2.45, 2.75) is 6.42 Å². The topological polar surface area (TPSA) is 105 Å². The zero-order valence-corrected chi connectivity index (χ0v) is 13.8. The van der Waals surface area contributed by atoms with E-state index < -0.39 is 33.4 Å². The number of sulfone groups is 1. The van der Waals surface area contributed by atoms with Crippen molar-refractivity contribution < 1.29 is 26.8 Å². The Hall–Kier alpha value is -2.68. The lowest BCUT2D eigenvalue weighted by Crippen LogP contribution is -2.44. The van der Waals surface area contributed by atoms with E-state index in [0.29, 0.717) is 0 Å². The van der Waals surface area contributed by atoms with Gasteiger partial charge in [0.25, 0.3) is 0 Å². The van der Waals surface area contributed by atoms with Crippen molar-refractivity contribution in [2.24, 2.45) is 5.92 Å². The second-order valence-corrected chi connectivity index (χ2v) is 7.92. The van der Waals surface area contributed by atoms with E-state index in [0.717, 1.165) is 0 Å². The first-order valence-electron chi connectivity index (χ1n) is 7.51. The Morgan fingerprint density at radius 3 is 2.56 bits per heavy atom. The molecule has 1 aromatic carbocycles. The highest BCUT2D eigenvalue weighted by Crippen LogP contribution is 2.24. The molecule has 2 N–H and O–H groups in total. The molecular weight excluding hydrogens is 351 g/mol. The SMILES string of the molecule is O=C(NNC(=O)C1CCS(=O)(=O)C1)c1ccc(-c2ccccc2F)o1. The van der Waals surface area contributed by atoms with Gasteiger partial charge in [-0.25, -0.2) is 12.8 Å². The van der Waals surface area contributed by atoms with Gasteiger partial charge >= 0.3 is 5.91 Å². The first-order chi connectivity index (χ1) is 11.9. The molecule has 1 saturated heterocycles. The fourth-order valence-electron chi connectivity index (χ4n) is 2.55. The maximum absolute atomic E-state index is 13.7. The monoisotopic (exact) mass is 366 g/mol. The molecule has 1 aliphatic rings. The predicted molar refractivity (Wildman–Crippen MR) is 86.5 cm³/mol. The Balaban J connectivity index is 1.61. The number of hydrogen-bond acceptors (Lipinski definition) is 5. The largest absolute Gasteiger partial charge is 0.451 e. The molecule has 0 radical (unpaired) electrons. The minimum absolute atomic E-state index is 0.0385. The first-order valence-corrected chi connectivity index (χ1v) is 9.33. The molecule has 25 heavy (non-hydrogen) atoms. The van der Waals surface area contributed by atoms with Crippen LogP contribution in [0.4, 0.5) is 4.39 Å². The van der Waals surface area contributed by atoms with Gasteiger partial charge in [-0.2, -0.15) is 0 Å². The van der Waals surface area contributed by atoms with Crippen molar-refractivity contribution in [3.05, 3.63) is 48.0 Å². The summed E-state index contributed by atoms with van der Waals surface area (Å²) in [6.45, 7) is 0. The highest BCUT2D eigenvalue weighted by Gasteiger charge is 2.33. The number of furan rings is 1. The van der Waals surface area contributed by atoms with E-state index in [-0.39, 0.29) is 35.0 Å². The van der Waals surface area contributed by atoms with Crippen LogP contribution in [0.25, 0.3) is 11.3 Å². The van der Waals surface area contributed by atoms with Gasteiger partial charge in [0.1, 0.15) is 11.6 Å². The molecule has 0 saturated carbocycles. The van der Waals surface area contributed by atoms with Crippen molar-refractivity contribution in [2.75, 3.05) is 11.5 Å². The van der Waals surface area contributed by atoms with Crippen LogP contribution in [-0.2, 0) is 14.6 Å².